The SMILES string of the molecule is C[C@]12CCC(=O)C=C1CC[C@@H]1[C@H]2CC[C@@]2(C)[C@H]1CCC2(O)Cl. The summed E-state index contributed by atoms with van der Waals surface area (Å²) in [4.78, 5) is 11.8. The number of hydrogen-bond donors (Lipinski definition) is 1. The Morgan fingerprint density at radius 1 is 1.09 bits per heavy atom. The van der Waals surface area contributed by atoms with Crippen LogP contribution in [0.4, 0.5) is 0 Å². The Morgan fingerprint density at radius 3 is 2.59 bits per heavy atom. The second-order valence-electron chi connectivity index (χ2n) is 8.72. The lowest BCUT2D eigenvalue weighted by molar-refractivity contribution is -0.118. The Bertz CT molecular complexity index is 552. The first-order valence-electron chi connectivity index (χ1n) is 8.93. The van der Waals surface area contributed by atoms with Crippen molar-refractivity contribution in [2.24, 2.45) is 28.6 Å². The van der Waals surface area contributed by atoms with Crippen molar-refractivity contribution in [1.82, 2.24) is 0 Å². The maximum atomic E-state index is 11.8. The zero-order chi connectivity index (χ0) is 15.8. The maximum Gasteiger partial charge on any atom is 0.155 e. The fraction of sp³-hybridized carbons (Fsp3) is 0.842. The molecule has 122 valence electrons. The van der Waals surface area contributed by atoms with E-state index in [0.717, 1.165) is 38.5 Å². The van der Waals surface area contributed by atoms with Gasteiger partial charge in [-0.1, -0.05) is 31.0 Å². The summed E-state index contributed by atoms with van der Waals surface area (Å²) in [5.41, 5.74) is 1.50. The molecule has 0 saturated heterocycles. The number of carbonyl (C=O) groups excluding carboxylic acids is 1. The van der Waals surface area contributed by atoms with E-state index in [4.69, 9.17) is 11.6 Å². The van der Waals surface area contributed by atoms with E-state index in [1.54, 1.807) is 0 Å². The molecule has 0 aromatic carbocycles. The molecule has 1 N–H and O–H groups in total. The van der Waals surface area contributed by atoms with E-state index < -0.39 is 5.06 Å². The Morgan fingerprint density at radius 2 is 1.82 bits per heavy atom. The highest BCUT2D eigenvalue weighted by Gasteiger charge is 2.63. The molecule has 4 aliphatic rings. The second-order valence-corrected chi connectivity index (χ2v) is 9.35. The molecule has 1 unspecified atom stereocenters. The van der Waals surface area contributed by atoms with Gasteiger partial charge in [0, 0.05) is 11.8 Å². The van der Waals surface area contributed by atoms with Crippen LogP contribution in [-0.2, 0) is 4.79 Å². The van der Waals surface area contributed by atoms with Crippen LogP contribution in [-0.4, -0.2) is 16.0 Å². The molecule has 0 aliphatic heterocycles. The molecule has 22 heavy (non-hydrogen) atoms. The van der Waals surface area contributed by atoms with Crippen LogP contribution >= 0.6 is 11.6 Å². The fourth-order valence-corrected chi connectivity index (χ4v) is 6.86. The molecule has 0 heterocycles. The third kappa shape index (κ3) is 1.80. The van der Waals surface area contributed by atoms with Crippen molar-refractivity contribution in [1.29, 1.82) is 0 Å². The lowest BCUT2D eigenvalue weighted by Crippen LogP contribution is -2.53. The summed E-state index contributed by atoms with van der Waals surface area (Å²) in [6.07, 6.45) is 9.90. The van der Waals surface area contributed by atoms with E-state index >= 15 is 0 Å². The van der Waals surface area contributed by atoms with Gasteiger partial charge in [0.1, 0.15) is 5.06 Å². The van der Waals surface area contributed by atoms with Gasteiger partial charge in [0.2, 0.25) is 0 Å². The zero-order valence-corrected chi connectivity index (χ0v) is 14.5. The molecule has 4 rings (SSSR count). The summed E-state index contributed by atoms with van der Waals surface area (Å²) >= 11 is 6.50. The Hall–Kier alpha value is -0.340. The standard InChI is InChI=1S/C19H27ClO2/c1-17-8-5-13(21)11-12(17)3-4-14-15(17)6-9-18(2)16(14)7-10-19(18,20)22/h11,14-16,22H,3-10H2,1-2H3/t14-,15-,16+,17+,18+,19?/m1/s1. The number of allylic oxidation sites excluding steroid dienone is 1. The van der Waals surface area contributed by atoms with Gasteiger partial charge in [-0.2, -0.15) is 0 Å². The predicted molar refractivity (Wildman–Crippen MR) is 87.5 cm³/mol. The van der Waals surface area contributed by atoms with Gasteiger partial charge in [0.25, 0.3) is 0 Å². The highest BCUT2D eigenvalue weighted by molar-refractivity contribution is 6.23. The van der Waals surface area contributed by atoms with Gasteiger partial charge in [0.15, 0.2) is 5.78 Å². The van der Waals surface area contributed by atoms with E-state index in [1.165, 1.54) is 12.0 Å². The average Bonchev–Trinajstić information content (AvgIpc) is 2.70. The van der Waals surface area contributed by atoms with Crippen LogP contribution in [0.15, 0.2) is 11.6 Å². The van der Waals surface area contributed by atoms with Gasteiger partial charge in [-0.3, -0.25) is 4.79 Å². The molecule has 6 atom stereocenters. The maximum absolute atomic E-state index is 11.8. The Balaban J connectivity index is 1.70. The summed E-state index contributed by atoms with van der Waals surface area (Å²) in [6, 6.07) is 0. The predicted octanol–water partition coefficient (Wildman–Crippen LogP) is 4.45. The van der Waals surface area contributed by atoms with Crippen molar-refractivity contribution < 1.29 is 9.90 Å². The first-order chi connectivity index (χ1) is 10.3. The van der Waals surface area contributed by atoms with Crippen LogP contribution in [0.5, 0.6) is 0 Å². The third-order valence-corrected chi connectivity index (χ3v) is 8.63. The van der Waals surface area contributed by atoms with Gasteiger partial charge >= 0.3 is 0 Å². The Kier molecular flexibility index (Phi) is 3.18. The second kappa shape index (κ2) is 4.60. The Labute approximate surface area is 138 Å². The van der Waals surface area contributed by atoms with E-state index in [1.807, 2.05) is 6.08 Å². The van der Waals surface area contributed by atoms with Crippen LogP contribution in [0.1, 0.15) is 65.2 Å². The zero-order valence-electron chi connectivity index (χ0n) is 13.7. The average molecular weight is 323 g/mol. The number of alkyl halides is 1. The van der Waals surface area contributed by atoms with Crippen LogP contribution in [0, 0.1) is 28.6 Å². The molecule has 0 radical (unpaired) electrons. The lowest BCUT2D eigenvalue weighted by atomic mass is 9.47. The third-order valence-electron chi connectivity index (χ3n) is 8.01. The van der Waals surface area contributed by atoms with Gasteiger partial charge in [-0.25, -0.2) is 0 Å². The van der Waals surface area contributed by atoms with Gasteiger partial charge in [0.05, 0.1) is 0 Å². The van der Waals surface area contributed by atoms with Gasteiger partial charge in [-0.15, -0.1) is 0 Å². The molecule has 2 nitrogen and oxygen atoms in total. The number of ketones is 1. The summed E-state index contributed by atoms with van der Waals surface area (Å²) in [5, 5.41) is 9.67. The molecule has 3 heteroatoms. The van der Waals surface area contributed by atoms with Crippen molar-refractivity contribution in [3.05, 3.63) is 11.6 Å². The van der Waals surface area contributed by atoms with E-state index in [9.17, 15) is 9.90 Å². The van der Waals surface area contributed by atoms with Crippen molar-refractivity contribution in [2.75, 3.05) is 0 Å². The van der Waals surface area contributed by atoms with Gasteiger partial charge < -0.3 is 5.11 Å². The van der Waals surface area contributed by atoms with E-state index in [-0.39, 0.29) is 10.8 Å². The molecule has 0 bridgehead atoms. The number of carbonyl (C=O) groups is 1. The fourth-order valence-electron chi connectivity index (χ4n) is 6.52. The summed E-state index contributed by atoms with van der Waals surface area (Å²) in [5.74, 6) is 2.21. The van der Waals surface area contributed by atoms with Crippen LogP contribution in [0.25, 0.3) is 0 Å². The van der Waals surface area contributed by atoms with Crippen LogP contribution in [0.3, 0.4) is 0 Å². The molecule has 0 aromatic heterocycles. The minimum atomic E-state index is -1.01. The number of rotatable bonds is 0. The first kappa shape index (κ1) is 15.2. The van der Waals surface area contributed by atoms with Crippen LogP contribution in [0.2, 0.25) is 0 Å². The number of fused-ring (bicyclic) bond motifs is 5. The number of aliphatic hydroxyl groups is 1. The number of hydrogen-bond acceptors (Lipinski definition) is 2. The van der Waals surface area contributed by atoms with E-state index in [2.05, 4.69) is 13.8 Å². The minimum Gasteiger partial charge on any atom is -0.374 e. The monoisotopic (exact) mass is 322 g/mol. The summed E-state index contributed by atoms with van der Waals surface area (Å²) < 4.78 is 0. The van der Waals surface area contributed by atoms with Crippen molar-refractivity contribution in [2.45, 2.75) is 70.3 Å². The normalized spacial score (nSPS) is 54.3. The summed E-state index contributed by atoms with van der Waals surface area (Å²) in [7, 11) is 0. The molecule has 4 aliphatic carbocycles. The van der Waals surface area contributed by atoms with Crippen LogP contribution < -0.4 is 0 Å². The molecule has 0 spiro atoms. The first-order valence-corrected chi connectivity index (χ1v) is 9.31. The quantitative estimate of drug-likeness (QED) is 0.669. The highest BCUT2D eigenvalue weighted by Crippen LogP contribution is 2.68. The smallest absolute Gasteiger partial charge is 0.155 e. The van der Waals surface area contributed by atoms with Gasteiger partial charge in [-0.05, 0) is 74.2 Å². The molecular weight excluding hydrogens is 296 g/mol. The molecule has 0 amide bonds. The molecular formula is C19H27ClO2. The highest BCUT2D eigenvalue weighted by atomic mass is 35.5. The van der Waals surface area contributed by atoms with E-state index in [0.29, 0.717) is 30.0 Å². The molecule has 3 fully saturated rings. The van der Waals surface area contributed by atoms with Crippen molar-refractivity contribution in [3.63, 3.8) is 0 Å². The summed E-state index contributed by atoms with van der Waals surface area (Å²) in [6.45, 7) is 4.61. The molecule has 0 aromatic rings. The van der Waals surface area contributed by atoms with Crippen molar-refractivity contribution >= 4 is 17.4 Å². The largest absolute Gasteiger partial charge is 0.374 e. The number of halogens is 1. The lowest BCUT2D eigenvalue weighted by Gasteiger charge is -2.58. The van der Waals surface area contributed by atoms with Crippen molar-refractivity contribution in [3.8, 4) is 0 Å². The molecule has 3 saturated carbocycles. The minimum absolute atomic E-state index is 0.127. The topological polar surface area (TPSA) is 37.3 Å².